The summed E-state index contributed by atoms with van der Waals surface area (Å²) in [6, 6.07) is 10.1. The zero-order valence-electron chi connectivity index (χ0n) is 13.9. The van der Waals surface area contributed by atoms with Crippen molar-refractivity contribution in [3.05, 3.63) is 58.4 Å². The fourth-order valence-electron chi connectivity index (χ4n) is 3.49. The van der Waals surface area contributed by atoms with E-state index in [0.717, 1.165) is 53.2 Å². The van der Waals surface area contributed by atoms with E-state index in [4.69, 9.17) is 6.57 Å². The second-order valence-corrected chi connectivity index (χ2v) is 7.02. The molecule has 4 rings (SSSR count). The summed E-state index contributed by atoms with van der Waals surface area (Å²) in [7, 11) is 1.92. The second-order valence-electron chi connectivity index (χ2n) is 6.31. The lowest BCUT2D eigenvalue weighted by molar-refractivity contribution is 0.401. The number of anilines is 1. The molecule has 0 unspecified atom stereocenters. The van der Waals surface area contributed by atoms with Gasteiger partial charge >= 0.3 is 0 Å². The Hall–Kier alpha value is -2.46. The normalized spacial score (nSPS) is 16.8. The molecular weight excluding hydrogens is 380 g/mol. The Kier molecular flexibility index (Phi) is 3.92. The first-order valence-corrected chi connectivity index (χ1v) is 8.96. The third-order valence-corrected chi connectivity index (χ3v) is 5.71. The Labute approximate surface area is 154 Å². The highest BCUT2D eigenvalue weighted by atomic mass is 79.9. The third-order valence-electron chi connectivity index (χ3n) is 5.00. The average Bonchev–Trinajstić information content (AvgIpc) is 2.97. The number of fused-ring (bicyclic) bond motifs is 1. The minimum Gasteiger partial charge on any atom is -0.354 e. The average molecular weight is 397 g/mol. The minimum absolute atomic E-state index is 0.436. The molecule has 1 aliphatic heterocycles. The van der Waals surface area contributed by atoms with Crippen molar-refractivity contribution in [2.45, 2.75) is 18.4 Å². The smallest absolute Gasteiger partial charge is 0.260 e. The van der Waals surface area contributed by atoms with E-state index in [1.807, 2.05) is 29.8 Å². The van der Waals surface area contributed by atoms with Gasteiger partial charge in [-0.25, -0.2) is 21.5 Å². The molecule has 3 aromatic rings. The highest BCUT2D eigenvalue weighted by molar-refractivity contribution is 9.10. The van der Waals surface area contributed by atoms with Gasteiger partial charge in [-0.3, -0.25) is 0 Å². The largest absolute Gasteiger partial charge is 0.354 e. The highest BCUT2D eigenvalue weighted by Gasteiger charge is 2.42. The molecule has 1 saturated heterocycles. The number of hydrogen-bond donors (Lipinski definition) is 0. The summed E-state index contributed by atoms with van der Waals surface area (Å²) < 4.78 is 2.64. The molecule has 25 heavy (non-hydrogen) atoms. The van der Waals surface area contributed by atoms with E-state index in [1.54, 1.807) is 6.33 Å². The first-order chi connectivity index (χ1) is 12.1. The van der Waals surface area contributed by atoms with Gasteiger partial charge in [0.1, 0.15) is 6.33 Å². The van der Waals surface area contributed by atoms with Crippen LogP contribution in [0.1, 0.15) is 18.4 Å². The summed E-state index contributed by atoms with van der Waals surface area (Å²) in [5.41, 5.74) is 2.28. The lowest BCUT2D eigenvalue weighted by Crippen LogP contribution is -2.41. The van der Waals surface area contributed by atoms with Crippen molar-refractivity contribution in [1.82, 2.24) is 19.5 Å². The van der Waals surface area contributed by atoms with Crippen LogP contribution in [0.2, 0.25) is 0 Å². The third kappa shape index (κ3) is 2.57. The number of aromatic nitrogens is 4. The molecule has 126 valence electrons. The van der Waals surface area contributed by atoms with Crippen molar-refractivity contribution >= 4 is 32.9 Å². The SMILES string of the molecule is [C-]#[N+]C1(c2ccccc2)CCN(c2ncnc3c2nc(Br)n3C)CC1. The van der Waals surface area contributed by atoms with E-state index in [-0.39, 0.29) is 0 Å². The molecular formula is C18H17BrN6. The van der Waals surface area contributed by atoms with E-state index in [2.05, 4.69) is 52.8 Å². The van der Waals surface area contributed by atoms with Gasteiger partial charge < -0.3 is 14.3 Å². The van der Waals surface area contributed by atoms with Crippen molar-refractivity contribution < 1.29 is 0 Å². The number of nitrogens with zero attached hydrogens (tertiary/aromatic N) is 6. The van der Waals surface area contributed by atoms with Gasteiger partial charge in [-0.2, -0.15) is 0 Å². The Morgan fingerprint density at radius 1 is 1.16 bits per heavy atom. The van der Waals surface area contributed by atoms with Gasteiger partial charge in [-0.05, 0) is 15.9 Å². The van der Waals surface area contributed by atoms with Crippen LogP contribution in [0, 0.1) is 6.57 Å². The standard InChI is InChI=1S/C18H17BrN6/c1-20-18(13-6-4-3-5-7-13)8-10-25(11-9-18)16-14-15(21-12-22-16)24(2)17(19)23-14/h3-7,12H,8-11H2,2H3. The quantitative estimate of drug-likeness (QED) is 0.490. The molecule has 2 aromatic heterocycles. The maximum atomic E-state index is 7.77. The molecule has 0 bridgehead atoms. The first-order valence-electron chi connectivity index (χ1n) is 8.17. The number of imidazole rings is 1. The second kappa shape index (κ2) is 6.12. The van der Waals surface area contributed by atoms with Crippen molar-refractivity contribution in [2.75, 3.05) is 18.0 Å². The Morgan fingerprint density at radius 3 is 2.56 bits per heavy atom. The molecule has 6 nitrogen and oxygen atoms in total. The van der Waals surface area contributed by atoms with Crippen LogP contribution in [0.15, 0.2) is 41.4 Å². The molecule has 0 spiro atoms. The van der Waals surface area contributed by atoms with Gasteiger partial charge in [0.05, 0.1) is 0 Å². The van der Waals surface area contributed by atoms with Gasteiger partial charge in [0.15, 0.2) is 21.7 Å². The number of halogens is 1. The molecule has 3 heterocycles. The lowest BCUT2D eigenvalue weighted by atomic mass is 9.81. The lowest BCUT2D eigenvalue weighted by Gasteiger charge is -2.34. The molecule has 1 fully saturated rings. The van der Waals surface area contributed by atoms with E-state index >= 15 is 0 Å². The molecule has 0 radical (unpaired) electrons. The summed E-state index contributed by atoms with van der Waals surface area (Å²) in [6.45, 7) is 9.33. The molecule has 0 amide bonds. The Morgan fingerprint density at radius 2 is 1.88 bits per heavy atom. The highest BCUT2D eigenvalue weighted by Crippen LogP contribution is 2.38. The fourth-order valence-corrected chi connectivity index (χ4v) is 3.84. The van der Waals surface area contributed by atoms with Crippen LogP contribution in [0.5, 0.6) is 0 Å². The van der Waals surface area contributed by atoms with Crippen molar-refractivity contribution in [3.63, 3.8) is 0 Å². The zero-order chi connectivity index (χ0) is 17.4. The van der Waals surface area contributed by atoms with Crippen LogP contribution < -0.4 is 4.90 Å². The summed E-state index contributed by atoms with van der Waals surface area (Å²) >= 11 is 3.45. The number of aryl methyl sites for hydroxylation is 1. The molecule has 0 aliphatic carbocycles. The first kappa shape index (κ1) is 16.0. The molecule has 0 atom stereocenters. The predicted octanol–water partition coefficient (Wildman–Crippen LogP) is 3.54. The zero-order valence-corrected chi connectivity index (χ0v) is 15.4. The molecule has 0 N–H and O–H groups in total. The summed E-state index contributed by atoms with van der Waals surface area (Å²) in [6.07, 6.45) is 3.14. The van der Waals surface area contributed by atoms with E-state index in [0.29, 0.717) is 0 Å². The molecule has 1 aromatic carbocycles. The molecule has 1 aliphatic rings. The van der Waals surface area contributed by atoms with E-state index in [1.165, 1.54) is 0 Å². The van der Waals surface area contributed by atoms with Crippen molar-refractivity contribution in [1.29, 1.82) is 0 Å². The molecule has 0 saturated carbocycles. The van der Waals surface area contributed by atoms with Crippen molar-refractivity contribution in [3.8, 4) is 0 Å². The summed E-state index contributed by atoms with van der Waals surface area (Å²) in [4.78, 5) is 19.6. The van der Waals surface area contributed by atoms with Gasteiger partial charge in [0.25, 0.3) is 5.54 Å². The summed E-state index contributed by atoms with van der Waals surface area (Å²) in [5, 5.41) is 0. The van der Waals surface area contributed by atoms with Gasteiger partial charge in [-0.1, -0.05) is 30.3 Å². The summed E-state index contributed by atoms with van der Waals surface area (Å²) in [5.74, 6) is 0.845. The number of hydrogen-bond acceptors (Lipinski definition) is 4. The number of piperidine rings is 1. The van der Waals surface area contributed by atoms with E-state index in [9.17, 15) is 0 Å². The molecule has 7 heteroatoms. The monoisotopic (exact) mass is 396 g/mol. The van der Waals surface area contributed by atoms with E-state index < -0.39 is 5.54 Å². The van der Waals surface area contributed by atoms with Crippen LogP contribution >= 0.6 is 15.9 Å². The maximum absolute atomic E-state index is 7.77. The van der Waals surface area contributed by atoms with Crippen LogP contribution in [-0.2, 0) is 12.6 Å². The maximum Gasteiger partial charge on any atom is 0.260 e. The van der Waals surface area contributed by atoms with Gasteiger partial charge in [-0.15, -0.1) is 0 Å². The van der Waals surface area contributed by atoms with Crippen LogP contribution in [0.4, 0.5) is 5.82 Å². The Balaban J connectivity index is 1.65. The van der Waals surface area contributed by atoms with Crippen LogP contribution in [0.25, 0.3) is 16.0 Å². The van der Waals surface area contributed by atoms with Gasteiger partial charge in [0.2, 0.25) is 0 Å². The van der Waals surface area contributed by atoms with Crippen molar-refractivity contribution in [2.24, 2.45) is 7.05 Å². The number of benzene rings is 1. The topological polar surface area (TPSA) is 51.2 Å². The number of rotatable bonds is 2. The van der Waals surface area contributed by atoms with Crippen LogP contribution in [0.3, 0.4) is 0 Å². The minimum atomic E-state index is -0.436. The fraction of sp³-hybridized carbons (Fsp3) is 0.333. The van der Waals surface area contributed by atoms with Gasteiger partial charge in [0, 0.05) is 38.5 Å². The van der Waals surface area contributed by atoms with Crippen LogP contribution in [-0.4, -0.2) is 32.6 Å². The predicted molar refractivity (Wildman–Crippen MR) is 100 cm³/mol. The Bertz CT molecular complexity index is 951.